The highest BCUT2D eigenvalue weighted by Gasteiger charge is 2.22. The minimum Gasteiger partial charge on any atom is -0.483 e. The maximum absolute atomic E-state index is 12.6. The Morgan fingerprint density at radius 3 is 2.18 bits per heavy atom. The lowest BCUT2D eigenvalue weighted by atomic mass is 10.0. The topological polar surface area (TPSA) is 149 Å². The Hall–Kier alpha value is -3.79. The van der Waals surface area contributed by atoms with Crippen molar-refractivity contribution in [1.29, 1.82) is 0 Å². The average Bonchev–Trinajstić information content (AvgIpc) is 2.94. The van der Waals surface area contributed by atoms with Gasteiger partial charge in [0, 0.05) is 43.6 Å². The van der Waals surface area contributed by atoms with E-state index in [-0.39, 0.29) is 18.5 Å². The molecule has 0 atom stereocenters. The van der Waals surface area contributed by atoms with Gasteiger partial charge in [0.2, 0.25) is 0 Å². The molecule has 0 aromatic heterocycles. The molecule has 2 aromatic carbocycles. The fourth-order valence-electron chi connectivity index (χ4n) is 4.32. The Balaban J connectivity index is 0.00000170. The molecule has 1 aliphatic heterocycles. The van der Waals surface area contributed by atoms with Crippen molar-refractivity contribution in [2.75, 3.05) is 36.8 Å². The first-order valence-electron chi connectivity index (χ1n) is 13.8. The van der Waals surface area contributed by atoms with Gasteiger partial charge >= 0.3 is 12.1 Å². The van der Waals surface area contributed by atoms with E-state index in [2.05, 4.69) is 52.5 Å². The fraction of sp³-hybridized carbons (Fsp3) is 0.483. The molecule has 0 bridgehead atoms. The number of unbranched alkanes of at least 4 members (excludes halogenated alkanes) is 3. The van der Waals surface area contributed by atoms with Crippen LogP contribution in [0.5, 0.6) is 0 Å². The Kier molecular flexibility index (Phi) is 14.9. The summed E-state index contributed by atoms with van der Waals surface area (Å²) >= 11 is 0. The predicted octanol–water partition coefficient (Wildman–Crippen LogP) is 4.38. The highest BCUT2D eigenvalue weighted by molar-refractivity contribution is 5.89. The van der Waals surface area contributed by atoms with E-state index in [0.717, 1.165) is 62.1 Å². The Bertz CT molecular complexity index is 976. The standard InChI is InChI=1S/C28H42N6O2.CH2O2/c1-2-3-4-5-18-30-27(35)33-25-12-8-23(9-13-25)21-31-28(36)34-19-15-26(16-20-34)32-24-10-6-22(7-11-24)14-17-29;2-1-3/h6-13,26,32H,2-5,14-21,29H2,1H3,(H,31,36)(H2,30,33,35);1H,(H,2,3). The third-order valence-electron chi connectivity index (χ3n) is 6.51. The van der Waals surface area contributed by atoms with Gasteiger partial charge in [-0.3, -0.25) is 4.79 Å². The predicted molar refractivity (Wildman–Crippen MR) is 156 cm³/mol. The Morgan fingerprint density at radius 2 is 1.56 bits per heavy atom. The van der Waals surface area contributed by atoms with E-state index in [1.165, 1.54) is 18.4 Å². The summed E-state index contributed by atoms with van der Waals surface area (Å²) in [6.07, 6.45) is 7.24. The van der Waals surface area contributed by atoms with Crippen molar-refractivity contribution in [3.05, 3.63) is 59.7 Å². The molecule has 7 N–H and O–H groups in total. The molecule has 1 fully saturated rings. The van der Waals surface area contributed by atoms with E-state index in [1.807, 2.05) is 29.2 Å². The minimum atomic E-state index is -0.250. The van der Waals surface area contributed by atoms with E-state index in [4.69, 9.17) is 15.6 Å². The van der Waals surface area contributed by atoms with E-state index in [0.29, 0.717) is 25.7 Å². The lowest BCUT2D eigenvalue weighted by Crippen LogP contribution is -2.46. The second-order valence-corrected chi connectivity index (χ2v) is 9.54. The molecular formula is C29H44N6O4. The number of nitrogens with zero attached hydrogens (tertiary/aromatic N) is 1. The largest absolute Gasteiger partial charge is 0.483 e. The molecule has 1 aliphatic rings. The number of benzene rings is 2. The van der Waals surface area contributed by atoms with Gasteiger partial charge in [0.05, 0.1) is 0 Å². The lowest BCUT2D eigenvalue weighted by molar-refractivity contribution is -0.122. The number of carbonyl (C=O) groups excluding carboxylic acids is 2. The third kappa shape index (κ3) is 12.5. The number of carboxylic acid groups (broad SMARTS) is 1. The number of amides is 4. The molecule has 4 amide bonds. The lowest BCUT2D eigenvalue weighted by Gasteiger charge is -2.33. The number of urea groups is 2. The maximum atomic E-state index is 12.6. The quantitative estimate of drug-likeness (QED) is 0.174. The molecule has 1 saturated heterocycles. The van der Waals surface area contributed by atoms with Crippen LogP contribution >= 0.6 is 0 Å². The molecule has 0 spiro atoms. The van der Waals surface area contributed by atoms with E-state index in [1.54, 1.807) is 0 Å². The molecule has 10 heteroatoms. The summed E-state index contributed by atoms with van der Waals surface area (Å²) in [6, 6.07) is 16.1. The van der Waals surface area contributed by atoms with Crippen LogP contribution in [0.2, 0.25) is 0 Å². The fourth-order valence-corrected chi connectivity index (χ4v) is 4.32. The van der Waals surface area contributed by atoms with Crippen LogP contribution in [0.25, 0.3) is 0 Å². The molecule has 0 aliphatic carbocycles. The van der Waals surface area contributed by atoms with Gasteiger partial charge in [-0.25, -0.2) is 9.59 Å². The second kappa shape index (κ2) is 18.5. The van der Waals surface area contributed by atoms with Crippen LogP contribution in [0.15, 0.2) is 48.5 Å². The van der Waals surface area contributed by atoms with Crippen LogP contribution in [-0.4, -0.2) is 60.8 Å². The molecule has 214 valence electrons. The molecule has 1 heterocycles. The van der Waals surface area contributed by atoms with Crippen molar-refractivity contribution < 1.29 is 19.5 Å². The van der Waals surface area contributed by atoms with Crippen molar-refractivity contribution in [3.63, 3.8) is 0 Å². The van der Waals surface area contributed by atoms with Gasteiger partial charge in [0.25, 0.3) is 6.47 Å². The summed E-state index contributed by atoms with van der Waals surface area (Å²) in [5.74, 6) is 0. The third-order valence-corrected chi connectivity index (χ3v) is 6.51. The number of nitrogens with two attached hydrogens (primary N) is 1. The van der Waals surface area contributed by atoms with Crippen molar-refractivity contribution in [2.24, 2.45) is 5.73 Å². The maximum Gasteiger partial charge on any atom is 0.319 e. The van der Waals surface area contributed by atoms with Crippen molar-refractivity contribution in [2.45, 2.75) is 64.5 Å². The van der Waals surface area contributed by atoms with Gasteiger partial charge in [0.15, 0.2) is 0 Å². The zero-order valence-corrected chi connectivity index (χ0v) is 23.0. The molecule has 0 saturated carbocycles. The van der Waals surface area contributed by atoms with Crippen molar-refractivity contribution in [1.82, 2.24) is 15.5 Å². The van der Waals surface area contributed by atoms with Crippen LogP contribution in [0.1, 0.15) is 56.6 Å². The number of rotatable bonds is 12. The summed E-state index contributed by atoms with van der Waals surface area (Å²) in [7, 11) is 0. The number of nitrogens with one attached hydrogen (secondary N) is 4. The smallest absolute Gasteiger partial charge is 0.319 e. The summed E-state index contributed by atoms with van der Waals surface area (Å²) in [6.45, 7) is 5.17. The van der Waals surface area contributed by atoms with Gasteiger partial charge in [-0.1, -0.05) is 50.5 Å². The SMILES string of the molecule is CCCCCCNC(=O)Nc1ccc(CNC(=O)N2CCC(Nc3ccc(CCN)cc3)CC2)cc1.O=CO. The summed E-state index contributed by atoms with van der Waals surface area (Å²) in [5.41, 5.74) is 9.70. The Labute approximate surface area is 231 Å². The molecular weight excluding hydrogens is 496 g/mol. The van der Waals surface area contributed by atoms with Gasteiger partial charge in [-0.05, 0) is 67.6 Å². The van der Waals surface area contributed by atoms with Gasteiger partial charge in [-0.2, -0.15) is 0 Å². The monoisotopic (exact) mass is 540 g/mol. The number of anilines is 2. The summed E-state index contributed by atoms with van der Waals surface area (Å²) in [4.78, 5) is 34.9. The van der Waals surface area contributed by atoms with E-state index < -0.39 is 0 Å². The van der Waals surface area contributed by atoms with Crippen molar-refractivity contribution >= 4 is 29.9 Å². The normalized spacial score (nSPS) is 13.0. The first-order valence-corrected chi connectivity index (χ1v) is 13.8. The number of piperidine rings is 1. The number of carbonyl (C=O) groups is 3. The molecule has 0 unspecified atom stereocenters. The van der Waals surface area contributed by atoms with Gasteiger partial charge < -0.3 is 37.0 Å². The number of hydrogen-bond donors (Lipinski definition) is 6. The number of hydrogen-bond acceptors (Lipinski definition) is 5. The van der Waals surface area contributed by atoms with E-state index >= 15 is 0 Å². The zero-order valence-electron chi connectivity index (χ0n) is 23.0. The summed E-state index contributed by atoms with van der Waals surface area (Å²) < 4.78 is 0. The number of likely N-dealkylation sites (tertiary alicyclic amines) is 1. The highest BCUT2D eigenvalue weighted by atomic mass is 16.3. The van der Waals surface area contributed by atoms with Gasteiger partial charge in [-0.15, -0.1) is 0 Å². The van der Waals surface area contributed by atoms with Crippen molar-refractivity contribution in [3.8, 4) is 0 Å². The Morgan fingerprint density at radius 1 is 0.949 bits per heavy atom. The van der Waals surface area contributed by atoms with Gasteiger partial charge in [0.1, 0.15) is 0 Å². The van der Waals surface area contributed by atoms with Crippen LogP contribution < -0.4 is 27.0 Å². The van der Waals surface area contributed by atoms with Crippen LogP contribution in [0.3, 0.4) is 0 Å². The zero-order chi connectivity index (χ0) is 28.3. The van der Waals surface area contributed by atoms with Crippen LogP contribution in [-0.2, 0) is 17.8 Å². The average molecular weight is 541 g/mol. The summed E-state index contributed by atoms with van der Waals surface area (Å²) in [5, 5.41) is 19.2. The molecule has 3 rings (SSSR count). The molecule has 39 heavy (non-hydrogen) atoms. The molecule has 10 nitrogen and oxygen atoms in total. The highest BCUT2D eigenvalue weighted by Crippen LogP contribution is 2.18. The second-order valence-electron chi connectivity index (χ2n) is 9.54. The van der Waals surface area contributed by atoms with Crippen LogP contribution in [0, 0.1) is 0 Å². The molecule has 0 radical (unpaired) electrons. The van der Waals surface area contributed by atoms with E-state index in [9.17, 15) is 9.59 Å². The first kappa shape index (κ1) is 31.4. The minimum absolute atomic E-state index is 0.0377. The van der Waals surface area contributed by atoms with Crippen LogP contribution in [0.4, 0.5) is 21.0 Å². The molecule has 2 aromatic rings. The first-order chi connectivity index (χ1) is 19.0.